The molecule has 0 spiro atoms. The molecule has 0 bridgehead atoms. The number of fused-ring (bicyclic) bond motifs is 1. The highest BCUT2D eigenvalue weighted by Gasteiger charge is 2.45. The van der Waals surface area contributed by atoms with Gasteiger partial charge in [-0.05, 0) is 50.1 Å². The summed E-state index contributed by atoms with van der Waals surface area (Å²) in [7, 11) is 3.06. The minimum absolute atomic E-state index is 0.0404. The van der Waals surface area contributed by atoms with Crippen LogP contribution in [0.15, 0.2) is 36.5 Å². The van der Waals surface area contributed by atoms with Gasteiger partial charge in [-0.25, -0.2) is 4.98 Å². The van der Waals surface area contributed by atoms with Crippen LogP contribution in [-0.4, -0.2) is 96.6 Å². The number of amides is 5. The van der Waals surface area contributed by atoms with E-state index in [9.17, 15) is 24.0 Å². The van der Waals surface area contributed by atoms with Crippen molar-refractivity contribution >= 4 is 47.0 Å². The van der Waals surface area contributed by atoms with Crippen molar-refractivity contribution < 1.29 is 42.9 Å². The number of carbonyl (C=O) groups excluding carboxylic acids is 5. The summed E-state index contributed by atoms with van der Waals surface area (Å²) >= 11 is 0. The van der Waals surface area contributed by atoms with E-state index in [2.05, 4.69) is 25.9 Å². The fourth-order valence-electron chi connectivity index (χ4n) is 6.88. The Labute approximate surface area is 318 Å². The van der Waals surface area contributed by atoms with Crippen molar-refractivity contribution in [2.75, 3.05) is 57.3 Å². The van der Waals surface area contributed by atoms with Crippen LogP contribution in [0.1, 0.15) is 78.8 Å². The summed E-state index contributed by atoms with van der Waals surface area (Å²) in [4.78, 5) is 72.6. The zero-order valence-corrected chi connectivity index (χ0v) is 31.9. The number of ether oxygens (including phenoxy) is 4. The number of imide groups is 2. The van der Waals surface area contributed by atoms with Crippen LogP contribution in [0.4, 0.5) is 17.5 Å². The number of anilines is 3. The highest BCUT2D eigenvalue weighted by atomic mass is 16.5. The van der Waals surface area contributed by atoms with Crippen molar-refractivity contribution in [2.24, 2.45) is 5.41 Å². The van der Waals surface area contributed by atoms with Gasteiger partial charge in [0.25, 0.3) is 11.8 Å². The number of nitrogens with two attached hydrogens (primary N) is 2. The zero-order valence-electron chi connectivity index (χ0n) is 31.9. The third-order valence-electron chi connectivity index (χ3n) is 9.25. The van der Waals surface area contributed by atoms with Gasteiger partial charge >= 0.3 is 0 Å². The van der Waals surface area contributed by atoms with Crippen LogP contribution in [0.5, 0.6) is 17.2 Å². The van der Waals surface area contributed by atoms with Crippen LogP contribution in [0.25, 0.3) is 0 Å². The van der Waals surface area contributed by atoms with Gasteiger partial charge in [-0.3, -0.25) is 34.2 Å². The SMILES string of the molecule is COc1cc(Cc2cnc(N)nc2N)cc(OC)c1OC(C)(C)CC(C)(C)C(=O)NCCOCCNc1cccc2c1C(=O)N(C1CCC(=O)NC1=O)C2=O. The van der Waals surface area contributed by atoms with Crippen molar-refractivity contribution in [3.63, 3.8) is 0 Å². The Morgan fingerprint density at radius 1 is 1.00 bits per heavy atom. The second-order valence-corrected chi connectivity index (χ2v) is 14.5. The van der Waals surface area contributed by atoms with Gasteiger partial charge in [0.1, 0.15) is 17.5 Å². The number of methoxy groups -OCH3 is 2. The summed E-state index contributed by atoms with van der Waals surface area (Å²) < 4.78 is 23.6. The molecule has 2 aromatic carbocycles. The molecule has 55 heavy (non-hydrogen) atoms. The molecule has 3 heterocycles. The Morgan fingerprint density at radius 3 is 2.35 bits per heavy atom. The van der Waals surface area contributed by atoms with E-state index in [1.807, 2.05) is 39.8 Å². The van der Waals surface area contributed by atoms with E-state index in [-0.39, 0.29) is 61.4 Å². The van der Waals surface area contributed by atoms with Crippen molar-refractivity contribution in [2.45, 2.75) is 65.0 Å². The molecule has 3 aromatic rings. The smallest absolute Gasteiger partial charge is 0.264 e. The molecule has 1 atom stereocenters. The number of benzene rings is 2. The van der Waals surface area contributed by atoms with E-state index in [4.69, 9.17) is 30.4 Å². The minimum atomic E-state index is -1.05. The number of rotatable bonds is 17. The highest BCUT2D eigenvalue weighted by molar-refractivity contribution is 6.25. The molecule has 0 saturated carbocycles. The predicted molar refractivity (Wildman–Crippen MR) is 202 cm³/mol. The Kier molecular flexibility index (Phi) is 12.1. The van der Waals surface area contributed by atoms with Gasteiger partial charge in [0.15, 0.2) is 11.5 Å². The first-order valence-corrected chi connectivity index (χ1v) is 17.8. The molecule has 294 valence electrons. The van der Waals surface area contributed by atoms with E-state index in [1.165, 1.54) is 20.3 Å². The molecular weight excluding hydrogens is 712 g/mol. The lowest BCUT2D eigenvalue weighted by atomic mass is 9.80. The first kappa shape index (κ1) is 40.2. The molecule has 0 radical (unpaired) electrons. The Morgan fingerprint density at radius 2 is 1.69 bits per heavy atom. The third-order valence-corrected chi connectivity index (χ3v) is 9.25. The quantitative estimate of drug-likeness (QED) is 0.0982. The van der Waals surface area contributed by atoms with Crippen molar-refractivity contribution in [1.29, 1.82) is 0 Å². The van der Waals surface area contributed by atoms with Gasteiger partial charge in [-0.2, -0.15) is 4.98 Å². The van der Waals surface area contributed by atoms with Crippen LogP contribution in [0.3, 0.4) is 0 Å². The maximum atomic E-state index is 13.3. The molecule has 5 rings (SSSR count). The van der Waals surface area contributed by atoms with Crippen LogP contribution < -0.4 is 41.6 Å². The molecule has 1 unspecified atom stereocenters. The van der Waals surface area contributed by atoms with Gasteiger partial charge in [-0.15, -0.1) is 0 Å². The number of aromatic nitrogens is 2. The Balaban J connectivity index is 1.09. The lowest BCUT2D eigenvalue weighted by Gasteiger charge is -2.35. The average molecular weight is 761 g/mol. The average Bonchev–Trinajstić information content (AvgIpc) is 3.37. The van der Waals surface area contributed by atoms with Gasteiger partial charge < -0.3 is 41.0 Å². The molecule has 5 amide bonds. The summed E-state index contributed by atoms with van der Waals surface area (Å²) in [6.07, 6.45) is 2.44. The van der Waals surface area contributed by atoms with Crippen LogP contribution in [0, 0.1) is 5.41 Å². The summed E-state index contributed by atoms with van der Waals surface area (Å²) in [5, 5.41) is 8.25. The van der Waals surface area contributed by atoms with E-state index in [1.54, 1.807) is 18.3 Å². The van der Waals surface area contributed by atoms with Gasteiger partial charge in [-0.1, -0.05) is 19.9 Å². The van der Waals surface area contributed by atoms with Crippen LogP contribution in [0.2, 0.25) is 0 Å². The molecule has 17 heteroatoms. The number of nitrogen functional groups attached to an aromatic ring is 2. The number of piperidine rings is 1. The van der Waals surface area contributed by atoms with Gasteiger partial charge in [0.2, 0.25) is 29.4 Å². The monoisotopic (exact) mass is 760 g/mol. The molecular formula is C38H48N8O9. The minimum Gasteiger partial charge on any atom is -0.493 e. The number of carbonyl (C=O) groups is 5. The molecule has 1 aromatic heterocycles. The second kappa shape index (κ2) is 16.6. The number of nitrogens with zero attached hydrogens (tertiary/aromatic N) is 3. The summed E-state index contributed by atoms with van der Waals surface area (Å²) in [5.41, 5.74) is 12.3. The molecule has 2 aliphatic rings. The maximum absolute atomic E-state index is 13.3. The molecule has 1 saturated heterocycles. The fourth-order valence-corrected chi connectivity index (χ4v) is 6.88. The summed E-state index contributed by atoms with van der Waals surface area (Å²) in [5.74, 6) is -0.820. The van der Waals surface area contributed by atoms with Gasteiger partial charge in [0.05, 0.1) is 38.6 Å². The first-order chi connectivity index (χ1) is 26.0. The van der Waals surface area contributed by atoms with E-state index < -0.39 is 40.7 Å². The predicted octanol–water partition coefficient (Wildman–Crippen LogP) is 2.47. The normalized spacial score (nSPS) is 15.7. The number of hydrogen-bond donors (Lipinski definition) is 5. The van der Waals surface area contributed by atoms with Crippen LogP contribution >= 0.6 is 0 Å². The Hall–Kier alpha value is -5.97. The lowest BCUT2D eigenvalue weighted by Crippen LogP contribution is -2.54. The fraction of sp³-hybridized carbons (Fsp3) is 0.447. The largest absolute Gasteiger partial charge is 0.493 e. The molecule has 17 nitrogen and oxygen atoms in total. The van der Waals surface area contributed by atoms with E-state index in [0.29, 0.717) is 47.9 Å². The zero-order chi connectivity index (χ0) is 40.1. The summed E-state index contributed by atoms with van der Waals surface area (Å²) in [6.45, 7) is 8.47. The second-order valence-electron chi connectivity index (χ2n) is 14.5. The van der Waals surface area contributed by atoms with Crippen LogP contribution in [-0.2, 0) is 25.5 Å². The molecule has 7 N–H and O–H groups in total. The molecule has 0 aliphatic carbocycles. The van der Waals surface area contributed by atoms with Crippen molar-refractivity contribution in [3.8, 4) is 17.2 Å². The Bertz CT molecular complexity index is 1960. The molecule has 2 aliphatic heterocycles. The van der Waals surface area contributed by atoms with E-state index in [0.717, 1.165) is 10.5 Å². The molecule has 1 fully saturated rings. The summed E-state index contributed by atoms with van der Waals surface area (Å²) in [6, 6.07) is 7.44. The van der Waals surface area contributed by atoms with Gasteiger partial charge in [0, 0.05) is 55.2 Å². The standard InChI is InChI=1S/C38H48N8O9/c1-37(2,20-38(3,4)55-30-26(52-5)17-21(18-27(30)53-6)16-22-19-43-36(40)45-31(22)39)35(51)42-13-15-54-14-12-41-24-9-7-8-23-29(24)34(50)46(33(23)49)25-10-11-28(47)44-32(25)48/h7-9,17-19,25,41H,10-16,20H2,1-6H3,(H,42,51)(H,44,47,48)(H4,39,40,43,45). The third kappa shape index (κ3) is 9.23. The number of nitrogens with one attached hydrogen (secondary N) is 3. The number of hydrogen-bond acceptors (Lipinski definition) is 14. The lowest BCUT2D eigenvalue weighted by molar-refractivity contribution is -0.136. The van der Waals surface area contributed by atoms with Crippen molar-refractivity contribution in [3.05, 3.63) is 58.8 Å². The maximum Gasteiger partial charge on any atom is 0.264 e. The first-order valence-electron chi connectivity index (χ1n) is 17.8. The van der Waals surface area contributed by atoms with Crippen molar-refractivity contribution in [1.82, 2.24) is 25.5 Å². The van der Waals surface area contributed by atoms with E-state index >= 15 is 0 Å². The topological polar surface area (TPSA) is 239 Å². The highest BCUT2D eigenvalue weighted by Crippen LogP contribution is 2.43.